The number of nitrogens with zero attached hydrogens (tertiary/aromatic N) is 2. The summed E-state index contributed by atoms with van der Waals surface area (Å²) in [7, 11) is 1.63. The number of hydrogen-bond donors (Lipinski definition) is 2. The lowest BCUT2D eigenvalue weighted by atomic mass is 10.2. The number of nitrogens with two attached hydrogens (primary N) is 1. The van der Waals surface area contributed by atoms with Crippen LogP contribution in [0.15, 0.2) is 23.5 Å². The number of hydrogen-bond acceptors (Lipinski definition) is 2. The van der Waals surface area contributed by atoms with Crippen molar-refractivity contribution in [1.82, 2.24) is 4.98 Å². The normalized spacial score (nSPS) is 11.3. The molecule has 0 spiro atoms. The van der Waals surface area contributed by atoms with Crippen molar-refractivity contribution in [3.05, 3.63) is 24.0 Å². The number of aryl methyl sites for hydroxylation is 1. The molecule has 0 aliphatic heterocycles. The van der Waals surface area contributed by atoms with E-state index >= 15 is 0 Å². The summed E-state index contributed by atoms with van der Waals surface area (Å²) in [5, 5.41) is 2.93. The minimum Gasteiger partial charge on any atom is -0.370 e. The van der Waals surface area contributed by atoms with Gasteiger partial charge in [0.05, 0.1) is 11.9 Å². The van der Waals surface area contributed by atoms with Crippen LogP contribution in [0.3, 0.4) is 0 Å². The molecule has 0 aliphatic rings. The SMILES string of the molecule is CN=C(N)Nc1cnccc1C. The van der Waals surface area contributed by atoms with E-state index in [1.807, 2.05) is 13.0 Å². The number of aromatic nitrogens is 1. The van der Waals surface area contributed by atoms with Crippen LogP contribution in [-0.2, 0) is 0 Å². The molecule has 1 aromatic rings. The predicted octanol–water partition coefficient (Wildman–Crippen LogP) is 0.746. The van der Waals surface area contributed by atoms with Gasteiger partial charge in [-0.25, -0.2) is 0 Å². The lowest BCUT2D eigenvalue weighted by molar-refractivity contribution is 1.27. The predicted molar refractivity (Wildman–Crippen MR) is 50.1 cm³/mol. The zero-order valence-electron chi connectivity index (χ0n) is 7.20. The molecule has 1 heterocycles. The van der Waals surface area contributed by atoms with Crippen LogP contribution >= 0.6 is 0 Å². The summed E-state index contributed by atoms with van der Waals surface area (Å²) in [6, 6.07) is 1.91. The third-order valence-electron chi connectivity index (χ3n) is 1.54. The number of anilines is 1. The highest BCUT2D eigenvalue weighted by molar-refractivity contribution is 5.92. The largest absolute Gasteiger partial charge is 0.370 e. The van der Waals surface area contributed by atoms with E-state index in [1.54, 1.807) is 19.4 Å². The van der Waals surface area contributed by atoms with Crippen LogP contribution in [-0.4, -0.2) is 18.0 Å². The summed E-state index contributed by atoms with van der Waals surface area (Å²) in [5.41, 5.74) is 7.47. The van der Waals surface area contributed by atoms with Crippen LogP contribution in [0, 0.1) is 6.92 Å². The molecule has 0 amide bonds. The molecule has 1 rings (SSSR count). The maximum absolute atomic E-state index is 5.48. The van der Waals surface area contributed by atoms with Gasteiger partial charge in [-0.1, -0.05) is 0 Å². The van der Waals surface area contributed by atoms with Gasteiger partial charge in [0.15, 0.2) is 5.96 Å². The Hall–Kier alpha value is -1.58. The van der Waals surface area contributed by atoms with E-state index in [0.29, 0.717) is 5.96 Å². The van der Waals surface area contributed by atoms with E-state index in [1.165, 1.54) is 0 Å². The number of aliphatic imine (C=N–C) groups is 1. The van der Waals surface area contributed by atoms with Gasteiger partial charge >= 0.3 is 0 Å². The Morgan fingerprint density at radius 1 is 1.67 bits per heavy atom. The van der Waals surface area contributed by atoms with E-state index in [-0.39, 0.29) is 0 Å². The molecule has 12 heavy (non-hydrogen) atoms. The molecular formula is C8H12N4. The molecule has 0 saturated heterocycles. The lowest BCUT2D eigenvalue weighted by Crippen LogP contribution is -2.22. The van der Waals surface area contributed by atoms with Crippen molar-refractivity contribution in [3.8, 4) is 0 Å². The monoisotopic (exact) mass is 164 g/mol. The van der Waals surface area contributed by atoms with Gasteiger partial charge in [0.1, 0.15) is 0 Å². The number of rotatable bonds is 1. The van der Waals surface area contributed by atoms with Crippen LogP contribution < -0.4 is 11.1 Å². The van der Waals surface area contributed by atoms with Crippen molar-refractivity contribution in [2.45, 2.75) is 6.92 Å². The molecule has 0 aliphatic carbocycles. The Morgan fingerprint density at radius 3 is 3.00 bits per heavy atom. The summed E-state index contributed by atoms with van der Waals surface area (Å²) in [6.45, 7) is 1.98. The van der Waals surface area contributed by atoms with Gasteiger partial charge in [-0.3, -0.25) is 9.98 Å². The smallest absolute Gasteiger partial charge is 0.192 e. The van der Waals surface area contributed by atoms with E-state index < -0.39 is 0 Å². The highest BCUT2D eigenvalue weighted by Gasteiger charge is 1.96. The Kier molecular flexibility index (Phi) is 2.63. The summed E-state index contributed by atoms with van der Waals surface area (Å²) in [5.74, 6) is 0.395. The van der Waals surface area contributed by atoms with Crippen molar-refractivity contribution in [3.63, 3.8) is 0 Å². The molecule has 0 radical (unpaired) electrons. The fourth-order valence-corrected chi connectivity index (χ4v) is 0.789. The van der Waals surface area contributed by atoms with E-state index in [9.17, 15) is 0 Å². The van der Waals surface area contributed by atoms with Crippen LogP contribution in [0.2, 0.25) is 0 Å². The molecule has 64 valence electrons. The first kappa shape index (κ1) is 8.52. The Balaban J connectivity index is 2.82. The molecule has 0 unspecified atom stereocenters. The van der Waals surface area contributed by atoms with Crippen molar-refractivity contribution < 1.29 is 0 Å². The van der Waals surface area contributed by atoms with E-state index in [4.69, 9.17) is 5.73 Å². The maximum atomic E-state index is 5.48. The standard InChI is InChI=1S/C8H12N4/c1-6-3-4-11-5-7(6)12-8(9)10-2/h3-5H,1-2H3,(H3,9,10,12). The average Bonchev–Trinajstić information content (AvgIpc) is 2.09. The Bertz CT molecular complexity index is 293. The fourth-order valence-electron chi connectivity index (χ4n) is 0.789. The summed E-state index contributed by atoms with van der Waals surface area (Å²) >= 11 is 0. The minimum absolute atomic E-state index is 0.395. The molecule has 0 aromatic carbocycles. The second-order valence-corrected chi connectivity index (χ2v) is 2.42. The van der Waals surface area contributed by atoms with Gasteiger partial charge in [-0.05, 0) is 18.6 Å². The van der Waals surface area contributed by atoms with E-state index in [2.05, 4.69) is 15.3 Å². The molecular weight excluding hydrogens is 152 g/mol. The van der Waals surface area contributed by atoms with Crippen molar-refractivity contribution in [1.29, 1.82) is 0 Å². The van der Waals surface area contributed by atoms with Crippen LogP contribution in [0.4, 0.5) is 5.69 Å². The maximum Gasteiger partial charge on any atom is 0.192 e. The van der Waals surface area contributed by atoms with Gasteiger partial charge in [-0.2, -0.15) is 0 Å². The number of guanidine groups is 1. The molecule has 4 heteroatoms. The second kappa shape index (κ2) is 3.71. The van der Waals surface area contributed by atoms with Crippen LogP contribution in [0.25, 0.3) is 0 Å². The van der Waals surface area contributed by atoms with Gasteiger partial charge in [0.2, 0.25) is 0 Å². The topological polar surface area (TPSA) is 63.3 Å². The molecule has 0 atom stereocenters. The average molecular weight is 164 g/mol. The molecule has 0 fully saturated rings. The van der Waals surface area contributed by atoms with Crippen molar-refractivity contribution in [2.24, 2.45) is 10.7 Å². The molecule has 0 bridgehead atoms. The minimum atomic E-state index is 0.395. The quantitative estimate of drug-likeness (QED) is 0.475. The second-order valence-electron chi connectivity index (χ2n) is 2.42. The fraction of sp³-hybridized carbons (Fsp3) is 0.250. The molecule has 1 aromatic heterocycles. The van der Waals surface area contributed by atoms with Crippen LogP contribution in [0.5, 0.6) is 0 Å². The Morgan fingerprint density at radius 2 is 2.42 bits per heavy atom. The van der Waals surface area contributed by atoms with Gasteiger partial charge in [0.25, 0.3) is 0 Å². The van der Waals surface area contributed by atoms with Gasteiger partial charge < -0.3 is 11.1 Å². The molecule has 4 nitrogen and oxygen atoms in total. The highest BCUT2D eigenvalue weighted by atomic mass is 15.1. The zero-order chi connectivity index (χ0) is 8.97. The molecule has 0 saturated carbocycles. The number of nitrogens with one attached hydrogen (secondary N) is 1. The third kappa shape index (κ3) is 1.95. The summed E-state index contributed by atoms with van der Waals surface area (Å²) in [4.78, 5) is 7.74. The van der Waals surface area contributed by atoms with Crippen LogP contribution in [0.1, 0.15) is 5.56 Å². The Labute approximate surface area is 71.5 Å². The van der Waals surface area contributed by atoms with Gasteiger partial charge in [0, 0.05) is 13.2 Å². The first-order valence-electron chi connectivity index (χ1n) is 3.64. The first-order chi connectivity index (χ1) is 5.74. The third-order valence-corrected chi connectivity index (χ3v) is 1.54. The molecule has 3 N–H and O–H groups in total. The lowest BCUT2D eigenvalue weighted by Gasteiger charge is -2.06. The zero-order valence-corrected chi connectivity index (χ0v) is 7.20. The number of pyridine rings is 1. The van der Waals surface area contributed by atoms with Crippen molar-refractivity contribution in [2.75, 3.05) is 12.4 Å². The van der Waals surface area contributed by atoms with E-state index in [0.717, 1.165) is 11.3 Å². The van der Waals surface area contributed by atoms with Crippen molar-refractivity contribution >= 4 is 11.6 Å². The highest BCUT2D eigenvalue weighted by Crippen LogP contribution is 2.10. The summed E-state index contributed by atoms with van der Waals surface area (Å²) in [6.07, 6.45) is 3.45. The van der Waals surface area contributed by atoms with Gasteiger partial charge in [-0.15, -0.1) is 0 Å². The summed E-state index contributed by atoms with van der Waals surface area (Å²) < 4.78 is 0. The first-order valence-corrected chi connectivity index (χ1v) is 3.64.